The molecule has 1 atom stereocenters. The highest BCUT2D eigenvalue weighted by Gasteiger charge is 2.38. The largest absolute Gasteiger partial charge is 0.491 e. The summed E-state index contributed by atoms with van der Waals surface area (Å²) in [7, 11) is 0. The zero-order valence-corrected chi connectivity index (χ0v) is 13.2. The number of hydrogen-bond acceptors (Lipinski definition) is 3. The van der Waals surface area contributed by atoms with E-state index in [1.807, 2.05) is 6.07 Å². The van der Waals surface area contributed by atoms with Gasteiger partial charge in [-0.05, 0) is 44.4 Å². The lowest BCUT2D eigenvalue weighted by atomic mass is 9.83. The third kappa shape index (κ3) is 3.58. The minimum atomic E-state index is 0.0656. The van der Waals surface area contributed by atoms with Gasteiger partial charge in [-0.25, -0.2) is 0 Å². The summed E-state index contributed by atoms with van der Waals surface area (Å²) >= 11 is 0. The van der Waals surface area contributed by atoms with Gasteiger partial charge in [-0.1, -0.05) is 31.4 Å². The molecule has 1 saturated heterocycles. The monoisotopic (exact) mass is 289 g/mol. The molecule has 1 aromatic carbocycles. The van der Waals surface area contributed by atoms with Gasteiger partial charge in [0.25, 0.3) is 0 Å². The molecule has 1 aromatic rings. The van der Waals surface area contributed by atoms with Crippen LogP contribution in [0.3, 0.4) is 0 Å². The van der Waals surface area contributed by atoms with E-state index in [-0.39, 0.29) is 17.8 Å². The van der Waals surface area contributed by atoms with E-state index in [0.29, 0.717) is 0 Å². The molecule has 0 bridgehead atoms. The van der Waals surface area contributed by atoms with Gasteiger partial charge >= 0.3 is 0 Å². The number of ether oxygens (including phenoxy) is 2. The second kappa shape index (κ2) is 6.37. The first-order valence-corrected chi connectivity index (χ1v) is 8.32. The SMILES string of the molecule is CC(C)Oc1cccc(C2CNCC3(CCCCC3)O2)c1. The lowest BCUT2D eigenvalue weighted by Gasteiger charge is -2.44. The molecule has 3 rings (SSSR count). The molecule has 116 valence electrons. The van der Waals surface area contributed by atoms with Crippen molar-refractivity contribution < 1.29 is 9.47 Å². The van der Waals surface area contributed by atoms with Gasteiger partial charge in [0.2, 0.25) is 0 Å². The van der Waals surface area contributed by atoms with E-state index in [2.05, 4.69) is 37.4 Å². The lowest BCUT2D eigenvalue weighted by molar-refractivity contribution is -0.135. The Labute approximate surface area is 128 Å². The quantitative estimate of drug-likeness (QED) is 0.917. The molecule has 1 spiro atoms. The van der Waals surface area contributed by atoms with Gasteiger partial charge in [-0.2, -0.15) is 0 Å². The number of nitrogens with one attached hydrogen (secondary N) is 1. The molecule has 1 saturated carbocycles. The van der Waals surface area contributed by atoms with Crippen LogP contribution in [0.25, 0.3) is 0 Å². The second-order valence-electron chi connectivity index (χ2n) is 6.72. The lowest BCUT2D eigenvalue weighted by Crippen LogP contribution is -2.51. The molecule has 2 fully saturated rings. The number of hydrogen-bond donors (Lipinski definition) is 1. The van der Waals surface area contributed by atoms with Crippen LogP contribution >= 0.6 is 0 Å². The molecule has 21 heavy (non-hydrogen) atoms. The van der Waals surface area contributed by atoms with Crippen molar-refractivity contribution in [1.82, 2.24) is 5.32 Å². The summed E-state index contributed by atoms with van der Waals surface area (Å²) in [6.45, 7) is 6.02. The van der Waals surface area contributed by atoms with Crippen LogP contribution in [-0.2, 0) is 4.74 Å². The Hall–Kier alpha value is -1.06. The number of benzene rings is 1. The molecule has 1 aliphatic heterocycles. The second-order valence-corrected chi connectivity index (χ2v) is 6.72. The van der Waals surface area contributed by atoms with E-state index >= 15 is 0 Å². The van der Waals surface area contributed by atoms with Crippen molar-refractivity contribution in [3.8, 4) is 5.75 Å². The van der Waals surface area contributed by atoms with Crippen LogP contribution in [0.5, 0.6) is 5.75 Å². The summed E-state index contributed by atoms with van der Waals surface area (Å²) in [5, 5.41) is 3.59. The molecule has 3 heteroatoms. The Morgan fingerprint density at radius 2 is 2.05 bits per heavy atom. The third-order valence-electron chi connectivity index (χ3n) is 4.54. The van der Waals surface area contributed by atoms with Crippen LogP contribution in [0.15, 0.2) is 24.3 Å². The first-order valence-electron chi connectivity index (χ1n) is 8.32. The minimum Gasteiger partial charge on any atom is -0.491 e. The van der Waals surface area contributed by atoms with E-state index in [0.717, 1.165) is 18.8 Å². The first kappa shape index (κ1) is 14.9. The van der Waals surface area contributed by atoms with Crippen molar-refractivity contribution >= 4 is 0 Å². The fourth-order valence-corrected chi connectivity index (χ4v) is 3.55. The van der Waals surface area contributed by atoms with Crippen LogP contribution in [0.4, 0.5) is 0 Å². The minimum absolute atomic E-state index is 0.0656. The maximum atomic E-state index is 6.54. The van der Waals surface area contributed by atoms with Crippen molar-refractivity contribution in [2.45, 2.75) is 63.8 Å². The smallest absolute Gasteiger partial charge is 0.120 e. The summed E-state index contributed by atoms with van der Waals surface area (Å²) in [6, 6.07) is 8.38. The molecular weight excluding hydrogens is 262 g/mol. The van der Waals surface area contributed by atoms with Crippen LogP contribution in [0.2, 0.25) is 0 Å². The molecule has 1 heterocycles. The topological polar surface area (TPSA) is 30.5 Å². The van der Waals surface area contributed by atoms with Gasteiger partial charge in [-0.3, -0.25) is 0 Å². The first-order chi connectivity index (χ1) is 10.2. The maximum Gasteiger partial charge on any atom is 0.120 e. The van der Waals surface area contributed by atoms with Crippen LogP contribution in [0, 0.1) is 0 Å². The Morgan fingerprint density at radius 3 is 2.81 bits per heavy atom. The molecular formula is C18H27NO2. The van der Waals surface area contributed by atoms with Crippen molar-refractivity contribution in [1.29, 1.82) is 0 Å². The predicted molar refractivity (Wildman–Crippen MR) is 84.7 cm³/mol. The van der Waals surface area contributed by atoms with E-state index in [4.69, 9.17) is 9.47 Å². The van der Waals surface area contributed by atoms with Crippen molar-refractivity contribution in [3.63, 3.8) is 0 Å². The van der Waals surface area contributed by atoms with Gasteiger partial charge < -0.3 is 14.8 Å². The third-order valence-corrected chi connectivity index (χ3v) is 4.54. The van der Waals surface area contributed by atoms with E-state index in [1.165, 1.54) is 37.7 Å². The molecule has 2 aliphatic rings. The fraction of sp³-hybridized carbons (Fsp3) is 0.667. The van der Waals surface area contributed by atoms with Gasteiger partial charge in [0.1, 0.15) is 5.75 Å². The maximum absolute atomic E-state index is 6.54. The summed E-state index contributed by atoms with van der Waals surface area (Å²) in [5.74, 6) is 0.939. The average molecular weight is 289 g/mol. The summed E-state index contributed by atoms with van der Waals surface area (Å²) in [6.07, 6.45) is 6.68. The van der Waals surface area contributed by atoms with E-state index in [1.54, 1.807) is 0 Å². The summed E-state index contributed by atoms with van der Waals surface area (Å²) in [4.78, 5) is 0. The highest BCUT2D eigenvalue weighted by molar-refractivity contribution is 5.30. The van der Waals surface area contributed by atoms with Gasteiger partial charge in [-0.15, -0.1) is 0 Å². The normalized spacial score (nSPS) is 25.2. The predicted octanol–water partition coefficient (Wildman–Crippen LogP) is 3.84. The standard InChI is InChI=1S/C18H27NO2/c1-14(2)20-16-8-6-7-15(11-16)17-12-19-13-18(21-17)9-4-3-5-10-18/h6-8,11,14,17,19H,3-5,9-10,12-13H2,1-2H3. The fourth-order valence-electron chi connectivity index (χ4n) is 3.55. The summed E-state index contributed by atoms with van der Waals surface area (Å²) in [5.41, 5.74) is 1.29. The van der Waals surface area contributed by atoms with E-state index in [9.17, 15) is 0 Å². The van der Waals surface area contributed by atoms with Crippen molar-refractivity contribution in [3.05, 3.63) is 29.8 Å². The van der Waals surface area contributed by atoms with Crippen LogP contribution in [-0.4, -0.2) is 24.8 Å². The Morgan fingerprint density at radius 1 is 1.24 bits per heavy atom. The van der Waals surface area contributed by atoms with E-state index < -0.39 is 0 Å². The zero-order chi connectivity index (χ0) is 14.7. The summed E-state index contributed by atoms with van der Waals surface area (Å²) < 4.78 is 12.3. The molecule has 0 amide bonds. The Bertz CT molecular complexity index is 461. The molecule has 0 aromatic heterocycles. The van der Waals surface area contributed by atoms with Crippen molar-refractivity contribution in [2.75, 3.05) is 13.1 Å². The Balaban J connectivity index is 1.73. The van der Waals surface area contributed by atoms with Crippen molar-refractivity contribution in [2.24, 2.45) is 0 Å². The number of morpholine rings is 1. The number of rotatable bonds is 3. The van der Waals surface area contributed by atoms with Gasteiger partial charge in [0.05, 0.1) is 17.8 Å². The molecule has 1 unspecified atom stereocenters. The average Bonchev–Trinajstić information content (AvgIpc) is 2.48. The van der Waals surface area contributed by atoms with Gasteiger partial charge in [0, 0.05) is 13.1 Å². The van der Waals surface area contributed by atoms with Gasteiger partial charge in [0.15, 0.2) is 0 Å². The van der Waals surface area contributed by atoms with Crippen LogP contribution in [0.1, 0.15) is 57.6 Å². The molecule has 1 N–H and O–H groups in total. The zero-order valence-electron chi connectivity index (χ0n) is 13.2. The molecule has 3 nitrogen and oxygen atoms in total. The Kier molecular flexibility index (Phi) is 4.51. The highest BCUT2D eigenvalue weighted by Crippen LogP contribution is 2.38. The molecule has 1 aliphatic carbocycles. The molecule has 0 radical (unpaired) electrons. The van der Waals surface area contributed by atoms with Crippen LogP contribution < -0.4 is 10.1 Å². The highest BCUT2D eigenvalue weighted by atomic mass is 16.5.